The number of hydrogen-bond donors (Lipinski definition) is 1. The number of pyridine rings is 1. The molecule has 0 spiro atoms. The maximum atomic E-state index is 5.95. The second kappa shape index (κ2) is 5.76. The number of nitrogens with zero attached hydrogens (tertiary/aromatic N) is 2. The number of anilines is 1. The van der Waals surface area contributed by atoms with Crippen molar-refractivity contribution in [3.63, 3.8) is 0 Å². The van der Waals surface area contributed by atoms with E-state index in [2.05, 4.69) is 54.3 Å². The number of amidine groups is 1. The van der Waals surface area contributed by atoms with Crippen LogP contribution >= 0.6 is 31.9 Å². The molecular formula is C16H13Br2N3O. The van der Waals surface area contributed by atoms with Crippen LogP contribution in [0.15, 0.2) is 56.7 Å². The third-order valence-electron chi connectivity index (χ3n) is 3.94. The van der Waals surface area contributed by atoms with Crippen molar-refractivity contribution in [2.75, 3.05) is 5.32 Å². The number of nitrogens with one attached hydrogen (secondary N) is 1. The highest BCUT2D eigenvalue weighted by molar-refractivity contribution is 9.11. The Morgan fingerprint density at radius 2 is 1.86 bits per heavy atom. The molecule has 112 valence electrons. The molecule has 3 unspecified atom stereocenters. The molecular weight excluding hydrogens is 410 g/mol. The van der Waals surface area contributed by atoms with Gasteiger partial charge in [0.2, 0.25) is 0 Å². The molecule has 3 atom stereocenters. The standard InChI is InChI=1S/C16H13Br2N3O/c17-13-7-6-10(15(18)20-13)19-16-12-8-11(22-12)14(21-16)9-4-2-1-3-5-9/h1-7,11-12,14H,8H2,(H,19,21). The molecule has 1 saturated heterocycles. The summed E-state index contributed by atoms with van der Waals surface area (Å²) < 4.78 is 7.49. The summed E-state index contributed by atoms with van der Waals surface area (Å²) in [7, 11) is 0. The Bertz CT molecular complexity index is 729. The van der Waals surface area contributed by atoms with E-state index in [4.69, 9.17) is 9.73 Å². The normalized spacial score (nSPS) is 26.1. The average molecular weight is 423 g/mol. The van der Waals surface area contributed by atoms with E-state index in [1.807, 2.05) is 30.3 Å². The van der Waals surface area contributed by atoms with Gasteiger partial charge in [0.1, 0.15) is 27.2 Å². The molecule has 0 aliphatic carbocycles. The highest BCUT2D eigenvalue weighted by atomic mass is 79.9. The van der Waals surface area contributed by atoms with Crippen LogP contribution in [0.4, 0.5) is 5.69 Å². The van der Waals surface area contributed by atoms with E-state index in [-0.39, 0.29) is 18.2 Å². The summed E-state index contributed by atoms with van der Waals surface area (Å²) in [5, 5.41) is 3.36. The lowest BCUT2D eigenvalue weighted by Crippen LogP contribution is -2.52. The van der Waals surface area contributed by atoms with Crippen molar-refractivity contribution in [1.82, 2.24) is 4.98 Å². The Kier molecular flexibility index (Phi) is 3.76. The van der Waals surface area contributed by atoms with Crippen molar-refractivity contribution < 1.29 is 4.74 Å². The topological polar surface area (TPSA) is 46.5 Å². The summed E-state index contributed by atoms with van der Waals surface area (Å²) in [6, 6.07) is 14.2. The fourth-order valence-electron chi connectivity index (χ4n) is 2.80. The summed E-state index contributed by atoms with van der Waals surface area (Å²) in [5.74, 6) is 0.876. The molecule has 1 aromatic carbocycles. The highest BCUT2D eigenvalue weighted by Gasteiger charge is 2.44. The quantitative estimate of drug-likeness (QED) is 0.732. The molecule has 1 aromatic heterocycles. The first kappa shape index (κ1) is 14.4. The Labute approximate surface area is 145 Å². The van der Waals surface area contributed by atoms with Gasteiger partial charge in [0.15, 0.2) is 0 Å². The zero-order valence-corrected chi connectivity index (χ0v) is 14.7. The van der Waals surface area contributed by atoms with Crippen LogP contribution < -0.4 is 5.32 Å². The monoisotopic (exact) mass is 421 g/mol. The minimum atomic E-state index is 0.0656. The molecule has 5 rings (SSSR count). The second-order valence-corrected chi connectivity index (χ2v) is 6.93. The van der Waals surface area contributed by atoms with Crippen molar-refractivity contribution in [1.29, 1.82) is 0 Å². The first-order valence-corrected chi connectivity index (χ1v) is 8.66. The number of ether oxygens (including phenoxy) is 1. The summed E-state index contributed by atoms with van der Waals surface area (Å²) in [6.07, 6.45) is 1.28. The third-order valence-corrected chi connectivity index (χ3v) is 4.99. The van der Waals surface area contributed by atoms with Crippen LogP contribution in [-0.2, 0) is 4.74 Å². The van der Waals surface area contributed by atoms with E-state index in [1.165, 1.54) is 5.56 Å². The van der Waals surface area contributed by atoms with Crippen molar-refractivity contribution in [3.8, 4) is 0 Å². The minimum Gasteiger partial charge on any atom is -0.364 e. The number of rotatable bonds is 2. The fraction of sp³-hybridized carbons (Fsp3) is 0.250. The van der Waals surface area contributed by atoms with Crippen molar-refractivity contribution >= 4 is 43.4 Å². The van der Waals surface area contributed by atoms with Crippen molar-refractivity contribution in [2.45, 2.75) is 24.7 Å². The van der Waals surface area contributed by atoms with Crippen LogP contribution in [-0.4, -0.2) is 23.0 Å². The van der Waals surface area contributed by atoms with Crippen LogP contribution in [0.25, 0.3) is 0 Å². The molecule has 3 aliphatic rings. The number of aliphatic imine (C=N–C) groups is 1. The zero-order valence-electron chi connectivity index (χ0n) is 11.5. The smallest absolute Gasteiger partial charge is 0.131 e. The molecule has 4 heterocycles. The lowest BCUT2D eigenvalue weighted by molar-refractivity contribution is -0.109. The van der Waals surface area contributed by atoms with Gasteiger partial charge in [-0.25, -0.2) is 4.98 Å². The molecule has 22 heavy (non-hydrogen) atoms. The van der Waals surface area contributed by atoms with Crippen LogP contribution in [0.3, 0.4) is 0 Å². The van der Waals surface area contributed by atoms with Crippen LogP contribution in [0, 0.1) is 0 Å². The minimum absolute atomic E-state index is 0.0656. The molecule has 1 fully saturated rings. The van der Waals surface area contributed by atoms with Gasteiger partial charge in [-0.05, 0) is 49.6 Å². The Balaban J connectivity index is 1.62. The van der Waals surface area contributed by atoms with Gasteiger partial charge in [0, 0.05) is 6.42 Å². The van der Waals surface area contributed by atoms with Gasteiger partial charge in [-0.3, -0.25) is 4.99 Å². The zero-order chi connectivity index (χ0) is 15.1. The van der Waals surface area contributed by atoms with Gasteiger partial charge in [-0.1, -0.05) is 30.3 Å². The number of hydrogen-bond acceptors (Lipinski definition) is 4. The average Bonchev–Trinajstić information content (AvgIpc) is 2.50. The van der Waals surface area contributed by atoms with Crippen LogP contribution in [0.5, 0.6) is 0 Å². The Morgan fingerprint density at radius 1 is 1.09 bits per heavy atom. The first-order valence-electron chi connectivity index (χ1n) is 7.08. The number of halogens is 2. The molecule has 2 bridgehead atoms. The molecule has 1 N–H and O–H groups in total. The van der Waals surface area contributed by atoms with Crippen LogP contribution in [0.1, 0.15) is 18.0 Å². The number of aromatic nitrogens is 1. The van der Waals surface area contributed by atoms with Gasteiger partial charge in [0.25, 0.3) is 0 Å². The summed E-state index contributed by atoms with van der Waals surface area (Å²) in [4.78, 5) is 9.19. The van der Waals surface area contributed by atoms with E-state index in [9.17, 15) is 0 Å². The third kappa shape index (κ3) is 2.59. The van der Waals surface area contributed by atoms with Gasteiger partial charge < -0.3 is 10.1 Å². The lowest BCUT2D eigenvalue weighted by atomic mass is 9.89. The maximum absolute atomic E-state index is 5.95. The van der Waals surface area contributed by atoms with Gasteiger partial charge in [-0.15, -0.1) is 0 Å². The largest absolute Gasteiger partial charge is 0.364 e. The second-order valence-electron chi connectivity index (χ2n) is 5.37. The predicted molar refractivity (Wildman–Crippen MR) is 93.2 cm³/mol. The van der Waals surface area contributed by atoms with Gasteiger partial charge in [0.05, 0.1) is 11.8 Å². The van der Waals surface area contributed by atoms with E-state index >= 15 is 0 Å². The summed E-state index contributed by atoms with van der Waals surface area (Å²) in [6.45, 7) is 0. The summed E-state index contributed by atoms with van der Waals surface area (Å²) >= 11 is 6.82. The van der Waals surface area contributed by atoms with Crippen molar-refractivity contribution in [3.05, 3.63) is 57.2 Å². The predicted octanol–water partition coefficient (Wildman–Crippen LogP) is 4.33. The molecule has 0 radical (unpaired) electrons. The molecule has 3 aliphatic heterocycles. The van der Waals surface area contributed by atoms with E-state index in [0.717, 1.165) is 27.2 Å². The van der Waals surface area contributed by atoms with E-state index in [0.29, 0.717) is 0 Å². The molecule has 4 nitrogen and oxygen atoms in total. The Morgan fingerprint density at radius 3 is 2.59 bits per heavy atom. The fourth-order valence-corrected chi connectivity index (χ4v) is 3.77. The van der Waals surface area contributed by atoms with Gasteiger partial charge >= 0.3 is 0 Å². The SMILES string of the molecule is Brc1ccc(NC2=NC(c3ccccc3)C3CC2O3)c(Br)n1. The molecule has 6 heteroatoms. The molecule has 0 saturated carbocycles. The van der Waals surface area contributed by atoms with Gasteiger partial charge in [-0.2, -0.15) is 0 Å². The summed E-state index contributed by atoms with van der Waals surface area (Å²) in [5.41, 5.74) is 2.08. The van der Waals surface area contributed by atoms with Crippen molar-refractivity contribution in [2.24, 2.45) is 4.99 Å². The first-order chi connectivity index (χ1) is 10.7. The van der Waals surface area contributed by atoms with Crippen LogP contribution in [0.2, 0.25) is 0 Å². The number of benzene rings is 1. The van der Waals surface area contributed by atoms with E-state index < -0.39 is 0 Å². The highest BCUT2D eigenvalue weighted by Crippen LogP contribution is 2.40. The van der Waals surface area contributed by atoms with E-state index in [1.54, 1.807) is 0 Å². The number of fused-ring (bicyclic) bond motifs is 1. The Hall–Kier alpha value is -1.24. The molecule has 2 aromatic rings. The molecule has 0 amide bonds. The lowest BCUT2D eigenvalue weighted by Gasteiger charge is -2.45. The maximum Gasteiger partial charge on any atom is 0.131 e.